The maximum Gasteiger partial charge on any atom is 0.256 e. The lowest BCUT2D eigenvalue weighted by atomic mass is 9.99. The molecular weight excluding hydrogens is 393 g/mol. The number of carbonyl (C=O) groups is 1. The fraction of sp³-hybridized carbons (Fsp3) is 0. The van der Waals surface area contributed by atoms with Gasteiger partial charge in [-0.1, -0.05) is 18.2 Å². The SMILES string of the molecule is O=C(Nc1cccnc1)c1cc(-c2ccco2)nc2ccc(-c3cccc(F)c3)cc12. The zero-order chi connectivity index (χ0) is 21.2. The molecule has 3 heterocycles. The van der Waals surface area contributed by atoms with Gasteiger partial charge in [0.1, 0.15) is 11.5 Å². The highest BCUT2D eigenvalue weighted by Crippen LogP contribution is 2.30. The van der Waals surface area contributed by atoms with E-state index in [2.05, 4.69) is 15.3 Å². The van der Waals surface area contributed by atoms with Gasteiger partial charge in [0.2, 0.25) is 0 Å². The number of nitrogens with zero attached hydrogens (tertiary/aromatic N) is 2. The first-order chi connectivity index (χ1) is 15.2. The van der Waals surface area contributed by atoms with E-state index in [1.807, 2.05) is 24.3 Å². The second-order valence-corrected chi connectivity index (χ2v) is 6.97. The molecule has 0 unspecified atom stereocenters. The number of pyridine rings is 2. The zero-order valence-corrected chi connectivity index (χ0v) is 16.2. The molecule has 0 saturated heterocycles. The number of hydrogen-bond acceptors (Lipinski definition) is 4. The summed E-state index contributed by atoms with van der Waals surface area (Å²) in [6.45, 7) is 0. The second-order valence-electron chi connectivity index (χ2n) is 6.97. The van der Waals surface area contributed by atoms with Crippen LogP contribution in [0.1, 0.15) is 10.4 Å². The molecule has 5 aromatic rings. The molecule has 0 spiro atoms. The highest BCUT2D eigenvalue weighted by molar-refractivity contribution is 6.13. The lowest BCUT2D eigenvalue weighted by Gasteiger charge is -2.11. The molecule has 150 valence electrons. The molecular formula is C25H16FN3O2. The van der Waals surface area contributed by atoms with Crippen LogP contribution >= 0.6 is 0 Å². The van der Waals surface area contributed by atoms with Crippen LogP contribution in [0.5, 0.6) is 0 Å². The van der Waals surface area contributed by atoms with Gasteiger partial charge in [-0.05, 0) is 65.7 Å². The largest absolute Gasteiger partial charge is 0.463 e. The predicted octanol–water partition coefficient (Wildman–Crippen LogP) is 5.95. The van der Waals surface area contributed by atoms with E-state index in [0.29, 0.717) is 33.6 Å². The third kappa shape index (κ3) is 3.79. The number of hydrogen-bond donors (Lipinski definition) is 1. The molecule has 5 rings (SSSR count). The minimum absolute atomic E-state index is 0.301. The summed E-state index contributed by atoms with van der Waals surface area (Å²) in [6.07, 6.45) is 4.77. The highest BCUT2D eigenvalue weighted by Gasteiger charge is 2.16. The average molecular weight is 409 g/mol. The van der Waals surface area contributed by atoms with Crippen molar-refractivity contribution >= 4 is 22.5 Å². The second kappa shape index (κ2) is 7.84. The van der Waals surface area contributed by atoms with Gasteiger partial charge in [-0.2, -0.15) is 0 Å². The summed E-state index contributed by atoms with van der Waals surface area (Å²) in [6, 6.07) is 20.6. The molecule has 0 aliphatic heterocycles. The Morgan fingerprint density at radius 1 is 0.935 bits per heavy atom. The van der Waals surface area contributed by atoms with E-state index in [4.69, 9.17) is 4.42 Å². The van der Waals surface area contributed by atoms with E-state index in [9.17, 15) is 9.18 Å². The van der Waals surface area contributed by atoms with Crippen molar-refractivity contribution in [2.45, 2.75) is 0 Å². The molecule has 6 heteroatoms. The van der Waals surface area contributed by atoms with Gasteiger partial charge in [-0.15, -0.1) is 0 Å². The Kier molecular flexibility index (Phi) is 4.72. The number of halogens is 1. The van der Waals surface area contributed by atoms with Crippen LogP contribution in [0.4, 0.5) is 10.1 Å². The Labute approximate surface area is 177 Å². The minimum Gasteiger partial charge on any atom is -0.463 e. The van der Waals surface area contributed by atoms with Crippen molar-refractivity contribution in [3.8, 4) is 22.6 Å². The van der Waals surface area contributed by atoms with Gasteiger partial charge < -0.3 is 9.73 Å². The fourth-order valence-electron chi connectivity index (χ4n) is 3.45. The third-order valence-corrected chi connectivity index (χ3v) is 4.90. The number of benzene rings is 2. The van der Waals surface area contributed by atoms with Crippen LogP contribution in [-0.4, -0.2) is 15.9 Å². The van der Waals surface area contributed by atoms with Crippen molar-refractivity contribution in [2.75, 3.05) is 5.32 Å². The van der Waals surface area contributed by atoms with Crippen LogP contribution in [0.15, 0.2) is 95.9 Å². The molecule has 31 heavy (non-hydrogen) atoms. The van der Waals surface area contributed by atoms with Crippen LogP contribution in [0.2, 0.25) is 0 Å². The highest BCUT2D eigenvalue weighted by atomic mass is 19.1. The summed E-state index contributed by atoms with van der Waals surface area (Å²) in [5.74, 6) is -0.0606. The van der Waals surface area contributed by atoms with Crippen LogP contribution < -0.4 is 5.32 Å². The zero-order valence-electron chi connectivity index (χ0n) is 16.2. The Balaban J connectivity index is 1.67. The maximum absolute atomic E-state index is 13.7. The molecule has 5 nitrogen and oxygen atoms in total. The number of fused-ring (bicyclic) bond motifs is 1. The number of nitrogens with one attached hydrogen (secondary N) is 1. The monoisotopic (exact) mass is 409 g/mol. The van der Waals surface area contributed by atoms with Gasteiger partial charge in [0.15, 0.2) is 5.76 Å². The van der Waals surface area contributed by atoms with Crippen molar-refractivity contribution in [2.24, 2.45) is 0 Å². The maximum atomic E-state index is 13.7. The minimum atomic E-state index is -0.321. The summed E-state index contributed by atoms with van der Waals surface area (Å²) in [5.41, 5.74) is 3.69. The van der Waals surface area contributed by atoms with Gasteiger partial charge in [-0.3, -0.25) is 9.78 Å². The first-order valence-corrected chi connectivity index (χ1v) is 9.63. The summed E-state index contributed by atoms with van der Waals surface area (Å²) >= 11 is 0. The molecule has 0 bridgehead atoms. The molecule has 3 aromatic heterocycles. The molecule has 0 atom stereocenters. The van der Waals surface area contributed by atoms with Gasteiger partial charge in [0.25, 0.3) is 5.91 Å². The van der Waals surface area contributed by atoms with Crippen LogP contribution in [0.25, 0.3) is 33.5 Å². The van der Waals surface area contributed by atoms with Crippen molar-refractivity contribution in [1.29, 1.82) is 0 Å². The van der Waals surface area contributed by atoms with E-state index in [0.717, 1.165) is 11.1 Å². The molecule has 0 aliphatic carbocycles. The third-order valence-electron chi connectivity index (χ3n) is 4.90. The van der Waals surface area contributed by atoms with Crippen LogP contribution in [0, 0.1) is 5.82 Å². The summed E-state index contributed by atoms with van der Waals surface area (Å²) in [7, 11) is 0. The number of aromatic nitrogens is 2. The Bertz CT molecular complexity index is 1380. The predicted molar refractivity (Wildman–Crippen MR) is 117 cm³/mol. The summed E-state index contributed by atoms with van der Waals surface area (Å²) in [5, 5.41) is 3.52. The lowest BCUT2D eigenvalue weighted by Crippen LogP contribution is -2.13. The number of anilines is 1. The Morgan fingerprint density at radius 3 is 2.61 bits per heavy atom. The number of furan rings is 1. The van der Waals surface area contributed by atoms with E-state index < -0.39 is 0 Å². The smallest absolute Gasteiger partial charge is 0.256 e. The average Bonchev–Trinajstić information content (AvgIpc) is 3.34. The lowest BCUT2D eigenvalue weighted by molar-refractivity contribution is 0.102. The molecule has 0 aliphatic rings. The van der Waals surface area contributed by atoms with E-state index in [1.165, 1.54) is 12.1 Å². The first kappa shape index (κ1) is 18.7. The Morgan fingerprint density at radius 2 is 1.84 bits per heavy atom. The quantitative estimate of drug-likeness (QED) is 0.398. The van der Waals surface area contributed by atoms with E-state index in [1.54, 1.807) is 55.1 Å². The summed E-state index contributed by atoms with van der Waals surface area (Å²) < 4.78 is 19.2. The Hall–Kier alpha value is -4.32. The van der Waals surface area contributed by atoms with Crippen molar-refractivity contribution in [3.05, 3.63) is 103 Å². The number of amides is 1. The number of rotatable bonds is 4. The molecule has 1 N–H and O–H groups in total. The molecule has 0 radical (unpaired) electrons. The van der Waals surface area contributed by atoms with Crippen LogP contribution in [0.3, 0.4) is 0 Å². The fourth-order valence-corrected chi connectivity index (χ4v) is 3.45. The molecule has 1 amide bonds. The van der Waals surface area contributed by atoms with Crippen LogP contribution in [-0.2, 0) is 0 Å². The van der Waals surface area contributed by atoms with Gasteiger partial charge in [0.05, 0.1) is 29.2 Å². The molecule has 0 fully saturated rings. The standard InChI is InChI=1S/C25H16FN3O2/c26-18-5-1-4-16(12-18)17-8-9-22-20(13-17)21(14-23(29-22)24-7-3-11-31-24)25(30)28-19-6-2-10-27-15-19/h1-15H,(H,28,30). The number of carbonyl (C=O) groups excluding carboxylic acids is 1. The van der Waals surface area contributed by atoms with Crippen molar-refractivity contribution in [3.63, 3.8) is 0 Å². The van der Waals surface area contributed by atoms with Gasteiger partial charge >= 0.3 is 0 Å². The normalized spacial score (nSPS) is 10.9. The molecule has 2 aromatic carbocycles. The van der Waals surface area contributed by atoms with Gasteiger partial charge in [0, 0.05) is 11.6 Å². The first-order valence-electron chi connectivity index (χ1n) is 9.63. The topological polar surface area (TPSA) is 68.0 Å². The van der Waals surface area contributed by atoms with E-state index in [-0.39, 0.29) is 11.7 Å². The van der Waals surface area contributed by atoms with Crippen molar-refractivity contribution < 1.29 is 13.6 Å². The van der Waals surface area contributed by atoms with Gasteiger partial charge in [-0.25, -0.2) is 9.37 Å². The molecule has 0 saturated carbocycles. The van der Waals surface area contributed by atoms with Crippen molar-refractivity contribution in [1.82, 2.24) is 9.97 Å². The summed E-state index contributed by atoms with van der Waals surface area (Å²) in [4.78, 5) is 21.9. The van der Waals surface area contributed by atoms with E-state index >= 15 is 0 Å².